The minimum Gasteiger partial charge on any atom is -0.380 e. The van der Waals surface area contributed by atoms with Crippen LogP contribution in [-0.4, -0.2) is 29.3 Å². The van der Waals surface area contributed by atoms with Crippen molar-refractivity contribution in [3.63, 3.8) is 0 Å². The molecule has 0 radical (unpaired) electrons. The van der Waals surface area contributed by atoms with E-state index < -0.39 is 0 Å². The molecule has 1 unspecified atom stereocenters. The van der Waals surface area contributed by atoms with Crippen LogP contribution in [0.2, 0.25) is 0 Å². The Morgan fingerprint density at radius 2 is 2.29 bits per heavy atom. The molecule has 2 rings (SSSR count). The summed E-state index contributed by atoms with van der Waals surface area (Å²) in [4.78, 5) is 0. The SMILES string of the molecule is CC(Nc1cn[nH]c1)C1CCNCC1. The number of hydrogen-bond donors (Lipinski definition) is 3. The summed E-state index contributed by atoms with van der Waals surface area (Å²) in [5.74, 6) is 0.783. The normalized spacial score (nSPS) is 20.6. The van der Waals surface area contributed by atoms with Gasteiger partial charge in [-0.25, -0.2) is 0 Å². The van der Waals surface area contributed by atoms with Crippen LogP contribution in [0, 0.1) is 5.92 Å². The molecule has 4 nitrogen and oxygen atoms in total. The molecule has 0 spiro atoms. The van der Waals surface area contributed by atoms with E-state index in [9.17, 15) is 0 Å². The summed E-state index contributed by atoms with van der Waals surface area (Å²) in [6.45, 7) is 4.56. The maximum absolute atomic E-state index is 3.92. The van der Waals surface area contributed by atoms with E-state index in [-0.39, 0.29) is 0 Å². The first kappa shape index (κ1) is 9.52. The van der Waals surface area contributed by atoms with Crippen LogP contribution in [0.5, 0.6) is 0 Å². The number of aromatic amines is 1. The van der Waals surface area contributed by atoms with E-state index in [0.29, 0.717) is 6.04 Å². The summed E-state index contributed by atoms with van der Waals surface area (Å²) in [5, 5.41) is 13.6. The highest BCUT2D eigenvalue weighted by atomic mass is 15.1. The van der Waals surface area contributed by atoms with Gasteiger partial charge in [0.2, 0.25) is 0 Å². The molecule has 3 N–H and O–H groups in total. The number of rotatable bonds is 3. The number of piperidine rings is 1. The van der Waals surface area contributed by atoms with Gasteiger partial charge in [-0.15, -0.1) is 0 Å². The van der Waals surface area contributed by atoms with Crippen LogP contribution in [-0.2, 0) is 0 Å². The molecule has 0 aliphatic carbocycles. The van der Waals surface area contributed by atoms with Gasteiger partial charge in [-0.05, 0) is 38.8 Å². The molecule has 1 fully saturated rings. The summed E-state index contributed by atoms with van der Waals surface area (Å²) >= 11 is 0. The Labute approximate surface area is 84.5 Å². The van der Waals surface area contributed by atoms with E-state index in [2.05, 4.69) is 27.8 Å². The first-order valence-electron chi connectivity index (χ1n) is 5.32. The zero-order valence-corrected chi connectivity index (χ0v) is 8.59. The van der Waals surface area contributed by atoms with Crippen molar-refractivity contribution in [2.45, 2.75) is 25.8 Å². The number of H-pyrrole nitrogens is 1. The van der Waals surface area contributed by atoms with Gasteiger partial charge in [0, 0.05) is 12.2 Å². The predicted molar refractivity (Wildman–Crippen MR) is 57.3 cm³/mol. The van der Waals surface area contributed by atoms with Crippen LogP contribution in [0.4, 0.5) is 5.69 Å². The monoisotopic (exact) mass is 194 g/mol. The Kier molecular flexibility index (Phi) is 3.03. The van der Waals surface area contributed by atoms with E-state index in [1.807, 2.05) is 12.4 Å². The van der Waals surface area contributed by atoms with Crippen molar-refractivity contribution in [1.29, 1.82) is 0 Å². The van der Waals surface area contributed by atoms with Crippen molar-refractivity contribution in [2.24, 2.45) is 5.92 Å². The van der Waals surface area contributed by atoms with Gasteiger partial charge in [0.05, 0.1) is 11.9 Å². The number of nitrogens with zero attached hydrogens (tertiary/aromatic N) is 1. The molecule has 1 aromatic heterocycles. The van der Waals surface area contributed by atoms with E-state index in [4.69, 9.17) is 0 Å². The Balaban J connectivity index is 1.85. The Hall–Kier alpha value is -1.03. The molecule has 0 amide bonds. The smallest absolute Gasteiger partial charge is 0.0725 e. The minimum absolute atomic E-state index is 0.537. The van der Waals surface area contributed by atoms with Gasteiger partial charge >= 0.3 is 0 Å². The fraction of sp³-hybridized carbons (Fsp3) is 0.700. The molecule has 14 heavy (non-hydrogen) atoms. The fourth-order valence-electron chi connectivity index (χ4n) is 2.05. The first-order valence-corrected chi connectivity index (χ1v) is 5.32. The van der Waals surface area contributed by atoms with Crippen LogP contribution in [0.25, 0.3) is 0 Å². The third kappa shape index (κ3) is 2.26. The predicted octanol–water partition coefficient (Wildman–Crippen LogP) is 1.21. The molecule has 1 saturated heterocycles. The highest BCUT2D eigenvalue weighted by molar-refractivity contribution is 5.38. The standard InChI is InChI=1S/C10H18N4/c1-8(9-2-4-11-5-3-9)14-10-6-12-13-7-10/h6-9,11,14H,2-5H2,1H3,(H,12,13). The summed E-state index contributed by atoms with van der Waals surface area (Å²) in [7, 11) is 0. The van der Waals surface area contributed by atoms with Gasteiger partial charge in [0.1, 0.15) is 0 Å². The molecule has 2 heterocycles. The number of aromatic nitrogens is 2. The summed E-state index contributed by atoms with van der Waals surface area (Å²) in [5.41, 5.74) is 1.09. The topological polar surface area (TPSA) is 52.7 Å². The molecule has 1 aliphatic heterocycles. The highest BCUT2D eigenvalue weighted by Crippen LogP contribution is 2.19. The van der Waals surface area contributed by atoms with E-state index in [0.717, 1.165) is 24.7 Å². The van der Waals surface area contributed by atoms with Crippen molar-refractivity contribution >= 4 is 5.69 Å². The molecule has 0 bridgehead atoms. The third-order valence-corrected chi connectivity index (χ3v) is 2.98. The van der Waals surface area contributed by atoms with Crippen molar-refractivity contribution in [3.8, 4) is 0 Å². The Morgan fingerprint density at radius 3 is 2.93 bits per heavy atom. The lowest BCUT2D eigenvalue weighted by Gasteiger charge is -2.29. The first-order chi connectivity index (χ1) is 6.86. The molecule has 1 aromatic rings. The zero-order valence-electron chi connectivity index (χ0n) is 8.59. The largest absolute Gasteiger partial charge is 0.380 e. The number of hydrogen-bond acceptors (Lipinski definition) is 3. The van der Waals surface area contributed by atoms with E-state index in [1.165, 1.54) is 12.8 Å². The van der Waals surface area contributed by atoms with E-state index >= 15 is 0 Å². The lowest BCUT2D eigenvalue weighted by Crippen LogP contribution is -2.36. The van der Waals surface area contributed by atoms with Gasteiger partial charge in [-0.2, -0.15) is 5.10 Å². The molecule has 0 saturated carbocycles. The third-order valence-electron chi connectivity index (χ3n) is 2.98. The second-order valence-electron chi connectivity index (χ2n) is 4.01. The quantitative estimate of drug-likeness (QED) is 0.678. The summed E-state index contributed by atoms with van der Waals surface area (Å²) < 4.78 is 0. The van der Waals surface area contributed by atoms with Gasteiger partial charge in [-0.1, -0.05) is 0 Å². The fourth-order valence-corrected chi connectivity index (χ4v) is 2.05. The van der Waals surface area contributed by atoms with Gasteiger partial charge in [0.25, 0.3) is 0 Å². The van der Waals surface area contributed by atoms with Crippen molar-refractivity contribution in [1.82, 2.24) is 15.5 Å². The lowest BCUT2D eigenvalue weighted by atomic mass is 9.91. The van der Waals surface area contributed by atoms with Crippen LogP contribution in [0.1, 0.15) is 19.8 Å². The summed E-state index contributed by atoms with van der Waals surface area (Å²) in [6.07, 6.45) is 6.27. The van der Waals surface area contributed by atoms with Crippen molar-refractivity contribution in [2.75, 3.05) is 18.4 Å². The van der Waals surface area contributed by atoms with Crippen molar-refractivity contribution in [3.05, 3.63) is 12.4 Å². The van der Waals surface area contributed by atoms with Crippen LogP contribution in [0.15, 0.2) is 12.4 Å². The van der Waals surface area contributed by atoms with Crippen molar-refractivity contribution < 1.29 is 0 Å². The van der Waals surface area contributed by atoms with Crippen LogP contribution in [0.3, 0.4) is 0 Å². The number of anilines is 1. The molecular formula is C10H18N4. The second-order valence-corrected chi connectivity index (χ2v) is 4.01. The maximum atomic E-state index is 3.92. The maximum Gasteiger partial charge on any atom is 0.0725 e. The van der Waals surface area contributed by atoms with Gasteiger partial charge in [0.15, 0.2) is 0 Å². The molecule has 1 aliphatic rings. The van der Waals surface area contributed by atoms with Crippen LogP contribution < -0.4 is 10.6 Å². The Morgan fingerprint density at radius 1 is 1.50 bits per heavy atom. The second kappa shape index (κ2) is 4.46. The van der Waals surface area contributed by atoms with Crippen LogP contribution >= 0.6 is 0 Å². The average Bonchev–Trinajstić information content (AvgIpc) is 2.72. The highest BCUT2D eigenvalue weighted by Gasteiger charge is 2.19. The average molecular weight is 194 g/mol. The molecule has 4 heteroatoms. The molecule has 1 atom stereocenters. The zero-order chi connectivity index (χ0) is 9.80. The van der Waals surface area contributed by atoms with E-state index in [1.54, 1.807) is 0 Å². The van der Waals surface area contributed by atoms with Gasteiger partial charge < -0.3 is 10.6 Å². The molecule has 0 aromatic carbocycles. The number of nitrogens with one attached hydrogen (secondary N) is 3. The minimum atomic E-state index is 0.537. The molecule has 78 valence electrons. The molecular weight excluding hydrogens is 176 g/mol. The lowest BCUT2D eigenvalue weighted by molar-refractivity contribution is 0.343. The van der Waals surface area contributed by atoms with Gasteiger partial charge in [-0.3, -0.25) is 5.10 Å². The summed E-state index contributed by atoms with van der Waals surface area (Å²) in [6, 6.07) is 0.537. The Bertz CT molecular complexity index is 251.